The van der Waals surface area contributed by atoms with Crippen molar-refractivity contribution in [3.63, 3.8) is 0 Å². The third kappa shape index (κ3) is 6.85. The Morgan fingerprint density at radius 3 is 2.21 bits per heavy atom. The normalized spacial score (nSPS) is 9.74. The summed E-state index contributed by atoms with van der Waals surface area (Å²) in [6, 6.07) is 1.27. The molecule has 1 heterocycles. The minimum Gasteiger partial charge on any atom is -0.478 e. The molecule has 0 aliphatic carbocycles. The summed E-state index contributed by atoms with van der Waals surface area (Å²) in [6.45, 7) is 0.354. The Morgan fingerprint density at radius 2 is 1.84 bits per heavy atom. The molecule has 0 saturated heterocycles. The lowest BCUT2D eigenvalue weighted by Crippen LogP contribution is -2.12. The van der Waals surface area contributed by atoms with Crippen LogP contribution < -0.4 is 4.34 Å². The van der Waals surface area contributed by atoms with E-state index in [1.54, 1.807) is 0 Å². The van der Waals surface area contributed by atoms with Crippen molar-refractivity contribution >= 4 is 28.1 Å². The van der Waals surface area contributed by atoms with Gasteiger partial charge in [-0.25, -0.2) is 14.6 Å². The van der Waals surface area contributed by atoms with Crippen molar-refractivity contribution in [2.24, 2.45) is 0 Å². The molecule has 8 heteroatoms. The Morgan fingerprint density at radius 1 is 1.32 bits per heavy atom. The van der Waals surface area contributed by atoms with Gasteiger partial charge in [0.15, 0.2) is 5.69 Å². The molecule has 0 spiro atoms. The minimum absolute atomic E-state index is 0.317. The van der Waals surface area contributed by atoms with Crippen LogP contribution in [0.4, 0.5) is 0 Å². The van der Waals surface area contributed by atoms with Crippen LogP contribution in [0.25, 0.3) is 0 Å². The van der Waals surface area contributed by atoms with E-state index in [0.717, 1.165) is 0 Å². The fourth-order valence-electron chi connectivity index (χ4n) is 1.02. The summed E-state index contributed by atoms with van der Waals surface area (Å²) in [4.78, 5) is 27.0. The lowest BCUT2D eigenvalue weighted by Gasteiger charge is -2.03. The van der Waals surface area contributed by atoms with Crippen LogP contribution in [0, 0.1) is 0 Å². The van der Waals surface area contributed by atoms with E-state index in [0.29, 0.717) is 12.1 Å². The van der Waals surface area contributed by atoms with Crippen LogP contribution in [0.1, 0.15) is 26.4 Å². The van der Waals surface area contributed by atoms with E-state index in [1.807, 2.05) is 26.0 Å². The topological polar surface area (TPSA) is 103 Å². The smallest absolute Gasteiger partial charge is 0.355 e. The van der Waals surface area contributed by atoms with Crippen LogP contribution in [0.3, 0.4) is 0 Å². The fraction of sp³-hybridized carbons (Fsp3) is 0.364. The van der Waals surface area contributed by atoms with Gasteiger partial charge in [-0.3, -0.25) is 4.34 Å². The summed E-state index contributed by atoms with van der Waals surface area (Å²) < 4.78 is 2.63. The number of aromatic nitrogens is 1. The van der Waals surface area contributed by atoms with Gasteiger partial charge in [0, 0.05) is 28.9 Å². The average molecular weight is 334 g/mol. The van der Waals surface area contributed by atoms with Crippen molar-refractivity contribution in [2.45, 2.75) is 6.54 Å². The maximum atomic E-state index is 10.7. The molecule has 0 unspecified atom stereocenters. The molecular weight excluding hydrogens is 318 g/mol. The van der Waals surface area contributed by atoms with Gasteiger partial charge in [0.1, 0.15) is 0 Å². The highest BCUT2D eigenvalue weighted by molar-refractivity contribution is 9.08. The molecule has 106 valence electrons. The SMILES string of the molecule is CN(C)C.O=C(O)c1cc(CNBr)cnc1C(=O)O. The first-order valence-electron chi connectivity index (χ1n) is 5.19. The lowest BCUT2D eigenvalue weighted by atomic mass is 10.1. The quantitative estimate of drug-likeness (QED) is 0.707. The number of nitrogens with zero attached hydrogens (tertiary/aromatic N) is 2. The Labute approximate surface area is 119 Å². The molecule has 1 aromatic rings. The molecule has 1 rings (SSSR count). The minimum atomic E-state index is -1.36. The molecule has 3 N–H and O–H groups in total. The molecule has 1 aromatic heterocycles. The summed E-state index contributed by atoms with van der Waals surface area (Å²) in [5.74, 6) is -2.66. The predicted octanol–water partition coefficient (Wildman–Crippen LogP) is 1.06. The first-order valence-corrected chi connectivity index (χ1v) is 5.98. The first kappa shape index (κ1) is 17.5. The van der Waals surface area contributed by atoms with E-state index in [2.05, 4.69) is 25.5 Å². The summed E-state index contributed by atoms with van der Waals surface area (Å²) in [5, 5.41) is 17.5. The van der Waals surface area contributed by atoms with E-state index in [1.165, 1.54) is 12.3 Å². The van der Waals surface area contributed by atoms with Crippen LogP contribution in [0.2, 0.25) is 0 Å². The zero-order chi connectivity index (χ0) is 15.0. The summed E-state index contributed by atoms with van der Waals surface area (Å²) in [6.07, 6.45) is 1.31. The van der Waals surface area contributed by atoms with Crippen molar-refractivity contribution in [1.29, 1.82) is 0 Å². The number of carboxylic acids is 2. The summed E-state index contributed by atoms with van der Waals surface area (Å²) >= 11 is 2.95. The number of aromatic carboxylic acids is 2. The Kier molecular flexibility index (Phi) is 7.89. The molecule has 0 atom stereocenters. The zero-order valence-corrected chi connectivity index (χ0v) is 12.4. The van der Waals surface area contributed by atoms with Crippen molar-refractivity contribution in [1.82, 2.24) is 14.2 Å². The van der Waals surface area contributed by atoms with Crippen molar-refractivity contribution < 1.29 is 19.8 Å². The van der Waals surface area contributed by atoms with Crippen molar-refractivity contribution in [3.05, 3.63) is 29.1 Å². The molecule has 0 fully saturated rings. The Bertz CT molecular complexity index is 449. The van der Waals surface area contributed by atoms with Crippen LogP contribution in [-0.4, -0.2) is 53.2 Å². The van der Waals surface area contributed by atoms with Gasteiger partial charge < -0.3 is 15.1 Å². The second-order valence-electron chi connectivity index (χ2n) is 4.00. The third-order valence-corrected chi connectivity index (χ3v) is 1.93. The maximum Gasteiger partial charge on any atom is 0.355 e. The first-order chi connectivity index (χ1) is 8.79. The molecule has 0 aliphatic heterocycles. The molecule has 0 amide bonds. The van der Waals surface area contributed by atoms with E-state index in [4.69, 9.17) is 10.2 Å². The van der Waals surface area contributed by atoms with E-state index in [-0.39, 0.29) is 5.56 Å². The maximum absolute atomic E-state index is 10.7. The second-order valence-corrected chi connectivity index (χ2v) is 4.56. The predicted molar refractivity (Wildman–Crippen MR) is 73.5 cm³/mol. The fourth-order valence-corrected chi connectivity index (χ4v) is 1.34. The van der Waals surface area contributed by atoms with E-state index >= 15 is 0 Å². The van der Waals surface area contributed by atoms with Gasteiger partial charge >= 0.3 is 11.9 Å². The largest absolute Gasteiger partial charge is 0.478 e. The number of rotatable bonds is 4. The van der Waals surface area contributed by atoms with Gasteiger partial charge in [-0.05, 0) is 32.8 Å². The van der Waals surface area contributed by atoms with Crippen LogP contribution in [0.5, 0.6) is 0 Å². The highest BCUT2D eigenvalue weighted by Crippen LogP contribution is 2.09. The van der Waals surface area contributed by atoms with Gasteiger partial charge in [0.25, 0.3) is 0 Å². The van der Waals surface area contributed by atoms with E-state index < -0.39 is 17.6 Å². The second kappa shape index (κ2) is 8.57. The Hall–Kier alpha value is -1.51. The monoisotopic (exact) mass is 333 g/mol. The molecule has 0 saturated carbocycles. The number of hydrogen-bond acceptors (Lipinski definition) is 5. The summed E-state index contributed by atoms with van der Waals surface area (Å²) in [7, 11) is 6.00. The average Bonchev–Trinajstić information content (AvgIpc) is 2.28. The highest BCUT2D eigenvalue weighted by Gasteiger charge is 2.17. The standard InChI is InChI=1S/C8H7BrN2O4.C3H9N/c9-11-3-4-1-5(7(12)13)6(8(14)15)10-2-4;1-4(2)3/h1-2,11H,3H2,(H,12,13)(H,14,15);1-3H3. The molecule has 19 heavy (non-hydrogen) atoms. The van der Waals surface area contributed by atoms with Gasteiger partial charge in [-0.1, -0.05) is 0 Å². The number of halogens is 1. The molecular formula is C11H16BrN3O4. The molecule has 0 aromatic carbocycles. The zero-order valence-electron chi connectivity index (χ0n) is 10.8. The Balaban J connectivity index is 0.000000711. The van der Waals surface area contributed by atoms with Gasteiger partial charge in [0.2, 0.25) is 0 Å². The molecule has 0 aliphatic rings. The number of nitrogens with one attached hydrogen (secondary N) is 1. The van der Waals surface area contributed by atoms with Gasteiger partial charge in [0.05, 0.1) is 5.56 Å². The molecule has 7 nitrogen and oxygen atoms in total. The van der Waals surface area contributed by atoms with Crippen molar-refractivity contribution in [2.75, 3.05) is 21.1 Å². The number of carbonyl (C=O) groups is 2. The number of pyridine rings is 1. The van der Waals surface area contributed by atoms with Crippen LogP contribution in [0.15, 0.2) is 12.3 Å². The number of carboxylic acid groups (broad SMARTS) is 2. The number of hydrogen-bond donors (Lipinski definition) is 3. The van der Waals surface area contributed by atoms with Gasteiger partial charge in [-0.2, -0.15) is 0 Å². The molecule has 0 bridgehead atoms. The summed E-state index contributed by atoms with van der Waals surface area (Å²) in [5.41, 5.74) is -0.196. The molecule has 0 radical (unpaired) electrons. The van der Waals surface area contributed by atoms with Crippen LogP contribution >= 0.6 is 16.1 Å². The van der Waals surface area contributed by atoms with Gasteiger partial charge in [-0.15, -0.1) is 0 Å². The third-order valence-electron chi connectivity index (χ3n) is 1.65. The van der Waals surface area contributed by atoms with Crippen molar-refractivity contribution in [3.8, 4) is 0 Å². The highest BCUT2D eigenvalue weighted by atomic mass is 79.9. The van der Waals surface area contributed by atoms with E-state index in [9.17, 15) is 9.59 Å². The van der Waals surface area contributed by atoms with Crippen LogP contribution in [-0.2, 0) is 6.54 Å². The lowest BCUT2D eigenvalue weighted by molar-refractivity contribution is 0.0646.